The van der Waals surface area contributed by atoms with Crippen molar-refractivity contribution >= 4 is 12.1 Å². The Labute approximate surface area is 130 Å². The highest BCUT2D eigenvalue weighted by molar-refractivity contribution is 5.74. The molecule has 0 atom stereocenters. The highest BCUT2D eigenvalue weighted by Crippen LogP contribution is 2.22. The van der Waals surface area contributed by atoms with Crippen LogP contribution in [0.2, 0.25) is 0 Å². The number of rotatable bonds is 5. The number of aromatic nitrogens is 1. The van der Waals surface area contributed by atoms with E-state index in [0.29, 0.717) is 11.5 Å². The predicted octanol–water partition coefficient (Wildman–Crippen LogP) is 3.19. The van der Waals surface area contributed by atoms with E-state index in [9.17, 15) is 4.79 Å². The molecule has 1 aliphatic rings. The summed E-state index contributed by atoms with van der Waals surface area (Å²) in [4.78, 5) is 17.4. The summed E-state index contributed by atoms with van der Waals surface area (Å²) >= 11 is 0. The van der Waals surface area contributed by atoms with Gasteiger partial charge in [-0.05, 0) is 55.2 Å². The molecule has 114 valence electrons. The van der Waals surface area contributed by atoms with Crippen molar-refractivity contribution in [2.45, 2.75) is 12.8 Å². The van der Waals surface area contributed by atoms with Crippen molar-refractivity contribution < 1.29 is 9.53 Å². The average Bonchev–Trinajstić information content (AvgIpc) is 2.61. The fourth-order valence-electron chi connectivity index (χ4n) is 2.73. The van der Waals surface area contributed by atoms with Crippen LogP contribution in [0.4, 0.5) is 5.82 Å². The lowest BCUT2D eigenvalue weighted by Crippen LogP contribution is -2.35. The Morgan fingerprint density at radius 3 is 2.55 bits per heavy atom. The molecule has 0 spiro atoms. The van der Waals surface area contributed by atoms with Gasteiger partial charge in [0.2, 0.25) is 0 Å². The molecule has 1 aromatic carbocycles. The summed E-state index contributed by atoms with van der Waals surface area (Å²) in [6.07, 6.45) is 4.91. The zero-order valence-electron chi connectivity index (χ0n) is 12.5. The Hall–Kier alpha value is -2.36. The first kappa shape index (κ1) is 14.6. The van der Waals surface area contributed by atoms with Crippen LogP contribution in [0, 0.1) is 5.92 Å². The van der Waals surface area contributed by atoms with E-state index in [-0.39, 0.29) is 0 Å². The van der Waals surface area contributed by atoms with E-state index in [1.54, 1.807) is 12.1 Å². The Balaban J connectivity index is 1.46. The van der Waals surface area contributed by atoms with Crippen LogP contribution in [0.1, 0.15) is 23.2 Å². The molecule has 0 N–H and O–H groups in total. The average molecular weight is 296 g/mol. The van der Waals surface area contributed by atoms with Crippen LogP contribution in [0.3, 0.4) is 0 Å². The zero-order chi connectivity index (χ0) is 15.2. The number of anilines is 1. The standard InChI is InChI=1S/C18H20N2O2/c21-13-15-4-6-17(7-5-15)22-14-16-8-11-20(12-9-16)18-3-1-2-10-19-18/h1-7,10,13,16H,8-9,11-12,14H2. The molecule has 2 aromatic rings. The van der Waals surface area contributed by atoms with Crippen LogP contribution in [0.25, 0.3) is 0 Å². The monoisotopic (exact) mass is 296 g/mol. The second-order valence-electron chi connectivity index (χ2n) is 5.62. The van der Waals surface area contributed by atoms with E-state index in [0.717, 1.165) is 50.4 Å². The lowest BCUT2D eigenvalue weighted by atomic mass is 9.98. The highest BCUT2D eigenvalue weighted by Gasteiger charge is 2.20. The van der Waals surface area contributed by atoms with Gasteiger partial charge in [-0.15, -0.1) is 0 Å². The van der Waals surface area contributed by atoms with Crippen molar-refractivity contribution in [3.63, 3.8) is 0 Å². The fraction of sp³-hybridized carbons (Fsp3) is 0.333. The third-order valence-corrected chi connectivity index (χ3v) is 4.09. The summed E-state index contributed by atoms with van der Waals surface area (Å²) in [6.45, 7) is 2.78. The molecule has 1 saturated heterocycles. The molecule has 4 heteroatoms. The minimum atomic E-state index is 0.575. The fourth-order valence-corrected chi connectivity index (χ4v) is 2.73. The molecule has 0 radical (unpaired) electrons. The first-order chi connectivity index (χ1) is 10.8. The number of piperidine rings is 1. The lowest BCUT2D eigenvalue weighted by molar-refractivity contribution is 0.112. The van der Waals surface area contributed by atoms with E-state index >= 15 is 0 Å². The Bertz CT molecular complexity index is 590. The number of ether oxygens (including phenoxy) is 1. The van der Waals surface area contributed by atoms with Crippen LogP contribution in [0.15, 0.2) is 48.7 Å². The number of hydrogen-bond acceptors (Lipinski definition) is 4. The van der Waals surface area contributed by atoms with E-state index in [1.165, 1.54) is 0 Å². The maximum absolute atomic E-state index is 10.6. The molecule has 0 unspecified atom stereocenters. The van der Waals surface area contributed by atoms with Crippen LogP contribution in [-0.4, -0.2) is 31.0 Å². The number of carbonyl (C=O) groups excluding carboxylic acids is 1. The summed E-state index contributed by atoms with van der Waals surface area (Å²) in [5, 5.41) is 0. The minimum absolute atomic E-state index is 0.575. The largest absolute Gasteiger partial charge is 0.493 e. The number of benzene rings is 1. The number of carbonyl (C=O) groups is 1. The van der Waals surface area contributed by atoms with Crippen molar-refractivity contribution in [3.05, 3.63) is 54.2 Å². The van der Waals surface area contributed by atoms with Gasteiger partial charge in [0, 0.05) is 24.8 Å². The number of hydrogen-bond donors (Lipinski definition) is 0. The van der Waals surface area contributed by atoms with Gasteiger partial charge in [-0.3, -0.25) is 4.79 Å². The van der Waals surface area contributed by atoms with Crippen LogP contribution >= 0.6 is 0 Å². The van der Waals surface area contributed by atoms with Gasteiger partial charge >= 0.3 is 0 Å². The molecule has 1 aromatic heterocycles. The molecular weight excluding hydrogens is 276 g/mol. The highest BCUT2D eigenvalue weighted by atomic mass is 16.5. The molecule has 0 bridgehead atoms. The van der Waals surface area contributed by atoms with Crippen molar-refractivity contribution in [2.24, 2.45) is 5.92 Å². The summed E-state index contributed by atoms with van der Waals surface area (Å²) in [5.74, 6) is 2.47. The third kappa shape index (κ3) is 3.64. The summed E-state index contributed by atoms with van der Waals surface area (Å²) in [5.41, 5.74) is 0.677. The SMILES string of the molecule is O=Cc1ccc(OCC2CCN(c3ccccn3)CC2)cc1. The van der Waals surface area contributed by atoms with Crippen LogP contribution in [0.5, 0.6) is 5.75 Å². The van der Waals surface area contributed by atoms with Crippen LogP contribution < -0.4 is 9.64 Å². The predicted molar refractivity (Wildman–Crippen MR) is 86.5 cm³/mol. The second kappa shape index (κ2) is 7.07. The first-order valence-corrected chi connectivity index (χ1v) is 7.69. The van der Waals surface area contributed by atoms with Crippen molar-refractivity contribution in [3.8, 4) is 5.75 Å². The molecular formula is C18H20N2O2. The smallest absolute Gasteiger partial charge is 0.150 e. The zero-order valence-corrected chi connectivity index (χ0v) is 12.5. The van der Waals surface area contributed by atoms with E-state index in [1.807, 2.05) is 30.5 Å². The molecule has 2 heterocycles. The number of pyridine rings is 1. The second-order valence-corrected chi connectivity index (χ2v) is 5.62. The minimum Gasteiger partial charge on any atom is -0.493 e. The Morgan fingerprint density at radius 1 is 1.14 bits per heavy atom. The Morgan fingerprint density at radius 2 is 1.91 bits per heavy atom. The summed E-state index contributed by atoms with van der Waals surface area (Å²) in [7, 11) is 0. The van der Waals surface area contributed by atoms with Crippen molar-refractivity contribution in [2.75, 3.05) is 24.6 Å². The van der Waals surface area contributed by atoms with Gasteiger partial charge in [0.1, 0.15) is 17.9 Å². The van der Waals surface area contributed by atoms with E-state index in [2.05, 4.69) is 16.0 Å². The van der Waals surface area contributed by atoms with Gasteiger partial charge in [-0.1, -0.05) is 6.07 Å². The topological polar surface area (TPSA) is 42.4 Å². The Kier molecular flexibility index (Phi) is 4.68. The molecule has 1 fully saturated rings. The first-order valence-electron chi connectivity index (χ1n) is 7.69. The van der Waals surface area contributed by atoms with E-state index in [4.69, 9.17) is 4.74 Å². The van der Waals surface area contributed by atoms with Gasteiger partial charge < -0.3 is 9.64 Å². The molecule has 0 saturated carbocycles. The number of nitrogens with zero attached hydrogens (tertiary/aromatic N) is 2. The summed E-state index contributed by atoms with van der Waals surface area (Å²) < 4.78 is 5.84. The van der Waals surface area contributed by atoms with Gasteiger partial charge in [0.25, 0.3) is 0 Å². The molecule has 4 nitrogen and oxygen atoms in total. The van der Waals surface area contributed by atoms with Crippen molar-refractivity contribution in [1.29, 1.82) is 0 Å². The van der Waals surface area contributed by atoms with Crippen LogP contribution in [-0.2, 0) is 0 Å². The quantitative estimate of drug-likeness (QED) is 0.795. The lowest BCUT2D eigenvalue weighted by Gasteiger charge is -2.32. The van der Waals surface area contributed by atoms with Gasteiger partial charge in [-0.2, -0.15) is 0 Å². The number of aldehydes is 1. The van der Waals surface area contributed by atoms with Gasteiger partial charge in [0.05, 0.1) is 6.61 Å². The molecule has 3 rings (SSSR count). The van der Waals surface area contributed by atoms with Gasteiger partial charge in [0.15, 0.2) is 0 Å². The third-order valence-electron chi connectivity index (χ3n) is 4.09. The molecule has 0 aliphatic carbocycles. The maximum Gasteiger partial charge on any atom is 0.150 e. The molecule has 22 heavy (non-hydrogen) atoms. The maximum atomic E-state index is 10.6. The van der Waals surface area contributed by atoms with E-state index < -0.39 is 0 Å². The van der Waals surface area contributed by atoms with Gasteiger partial charge in [-0.25, -0.2) is 4.98 Å². The normalized spacial score (nSPS) is 15.5. The summed E-state index contributed by atoms with van der Waals surface area (Å²) in [6, 6.07) is 13.3. The molecule has 0 amide bonds. The van der Waals surface area contributed by atoms with Crippen molar-refractivity contribution in [1.82, 2.24) is 4.98 Å². The molecule has 1 aliphatic heterocycles.